The Morgan fingerprint density at radius 3 is 1.36 bits per heavy atom. The highest BCUT2D eigenvalue weighted by molar-refractivity contribution is 5.76. The number of hydrogen-bond donors (Lipinski definition) is 12. The maximum atomic E-state index is 13.1. The topological polar surface area (TPSA) is 307 Å². The SMILES string of the molecule is CCCCCCCCCCCCCC(=O)NC(COC1OC(CO)C(OC2OC(CO)C(OC3OC(CO)C(O)C(O)C3O)C(O)C2O)C(O)C1O)C(O)CCCCCCCCCC. The first-order chi connectivity index (χ1) is 30.8. The number of unbranched alkanes of at least 4 members (excludes halogenated alkanes) is 17. The number of amides is 1. The number of ether oxygens (including phenoxy) is 6. The molecule has 64 heavy (non-hydrogen) atoms. The van der Waals surface area contributed by atoms with Crippen molar-refractivity contribution in [2.75, 3.05) is 26.4 Å². The minimum atomic E-state index is -1.97. The van der Waals surface area contributed by atoms with Gasteiger partial charge < -0.3 is 89.9 Å². The largest absolute Gasteiger partial charge is 0.394 e. The van der Waals surface area contributed by atoms with Gasteiger partial charge in [0, 0.05) is 6.42 Å². The third-order valence-electron chi connectivity index (χ3n) is 12.7. The number of carbonyl (C=O) groups excluding carboxylic acids is 1. The first-order valence-electron chi connectivity index (χ1n) is 24.3. The average Bonchev–Trinajstić information content (AvgIpc) is 3.29. The molecule has 19 heteroatoms. The van der Waals surface area contributed by atoms with Crippen molar-refractivity contribution in [3.63, 3.8) is 0 Å². The van der Waals surface area contributed by atoms with Crippen LogP contribution in [0.3, 0.4) is 0 Å². The molecule has 12 N–H and O–H groups in total. The number of carbonyl (C=O) groups is 1. The fourth-order valence-electron chi connectivity index (χ4n) is 8.55. The Kier molecular flexibility index (Phi) is 28.3. The number of rotatable bonds is 33. The molecule has 0 bridgehead atoms. The van der Waals surface area contributed by atoms with E-state index < -0.39 is 124 Å². The number of nitrogens with one attached hydrogen (secondary N) is 1. The van der Waals surface area contributed by atoms with E-state index in [1.54, 1.807) is 0 Å². The molecule has 0 aromatic rings. The van der Waals surface area contributed by atoms with Gasteiger partial charge in [-0.25, -0.2) is 0 Å². The van der Waals surface area contributed by atoms with Crippen LogP contribution in [0.4, 0.5) is 0 Å². The third-order valence-corrected chi connectivity index (χ3v) is 12.7. The molecule has 0 spiro atoms. The minimum Gasteiger partial charge on any atom is -0.394 e. The Balaban J connectivity index is 1.57. The third kappa shape index (κ3) is 18.4. The maximum Gasteiger partial charge on any atom is 0.220 e. The molecule has 19 nitrogen and oxygen atoms in total. The molecule has 17 unspecified atom stereocenters. The lowest BCUT2D eigenvalue weighted by atomic mass is 9.96. The van der Waals surface area contributed by atoms with Crippen LogP contribution in [0, 0.1) is 0 Å². The van der Waals surface area contributed by atoms with Crippen LogP contribution < -0.4 is 5.32 Å². The molecule has 3 aliphatic heterocycles. The van der Waals surface area contributed by atoms with Gasteiger partial charge in [0.25, 0.3) is 0 Å². The molecule has 378 valence electrons. The van der Waals surface area contributed by atoms with Crippen molar-refractivity contribution in [2.45, 2.75) is 253 Å². The second kappa shape index (κ2) is 31.8. The molecule has 17 atom stereocenters. The second-order valence-electron chi connectivity index (χ2n) is 17.9. The van der Waals surface area contributed by atoms with Crippen molar-refractivity contribution in [1.82, 2.24) is 5.32 Å². The van der Waals surface area contributed by atoms with E-state index in [2.05, 4.69) is 19.2 Å². The predicted molar refractivity (Wildman–Crippen MR) is 231 cm³/mol. The van der Waals surface area contributed by atoms with Crippen LogP contribution in [0.25, 0.3) is 0 Å². The van der Waals surface area contributed by atoms with E-state index in [0.29, 0.717) is 12.8 Å². The second-order valence-corrected chi connectivity index (χ2v) is 17.9. The standard InChI is InChI=1S/C45H85NO18/c1-3-5-7-9-11-13-14-15-17-19-21-23-33(51)46-28(29(50)22-20-18-16-12-10-8-6-4-2)27-59-43-39(57)36(54)41(31(25-48)61-43)64-45-40(58)37(55)42(32(26-49)62-45)63-44-38(56)35(53)34(52)30(24-47)60-44/h28-32,34-45,47-50,52-58H,3-27H2,1-2H3,(H,46,51). The summed E-state index contributed by atoms with van der Waals surface area (Å²) in [6.45, 7) is 1.69. The lowest BCUT2D eigenvalue weighted by molar-refractivity contribution is -0.379. The molecule has 3 fully saturated rings. The fourth-order valence-corrected chi connectivity index (χ4v) is 8.55. The molecular weight excluding hydrogens is 842 g/mol. The van der Waals surface area contributed by atoms with Gasteiger partial charge in [0.15, 0.2) is 18.9 Å². The first kappa shape index (κ1) is 57.1. The zero-order valence-corrected chi connectivity index (χ0v) is 38.3. The molecule has 0 aliphatic carbocycles. The minimum absolute atomic E-state index is 0.249. The molecule has 3 aliphatic rings. The van der Waals surface area contributed by atoms with Gasteiger partial charge in [-0.1, -0.05) is 129 Å². The first-order valence-corrected chi connectivity index (χ1v) is 24.3. The van der Waals surface area contributed by atoms with E-state index in [0.717, 1.165) is 44.9 Å². The predicted octanol–water partition coefficient (Wildman–Crippen LogP) is 0.529. The molecule has 0 radical (unpaired) electrons. The molecule has 0 aromatic heterocycles. The van der Waals surface area contributed by atoms with Crippen LogP contribution in [-0.2, 0) is 33.2 Å². The summed E-state index contributed by atoms with van der Waals surface area (Å²) < 4.78 is 34.0. The smallest absolute Gasteiger partial charge is 0.220 e. The number of hydrogen-bond acceptors (Lipinski definition) is 18. The van der Waals surface area contributed by atoms with Gasteiger partial charge in [-0.05, 0) is 12.8 Å². The highest BCUT2D eigenvalue weighted by atomic mass is 16.8. The van der Waals surface area contributed by atoms with E-state index in [4.69, 9.17) is 28.4 Å². The van der Waals surface area contributed by atoms with Crippen molar-refractivity contribution < 1.29 is 89.4 Å². The Hall–Kier alpha value is -1.21. The van der Waals surface area contributed by atoms with Crippen LogP contribution in [-0.4, -0.2) is 193 Å². The summed E-state index contributed by atoms with van der Waals surface area (Å²) >= 11 is 0. The molecular formula is C45H85NO18. The van der Waals surface area contributed by atoms with Gasteiger partial charge in [0.2, 0.25) is 5.91 Å². The monoisotopic (exact) mass is 928 g/mol. The summed E-state index contributed by atoms with van der Waals surface area (Å²) in [5.41, 5.74) is 0. The Bertz CT molecular complexity index is 1200. The van der Waals surface area contributed by atoms with Crippen molar-refractivity contribution in [3.05, 3.63) is 0 Å². The van der Waals surface area contributed by atoms with E-state index >= 15 is 0 Å². The quantitative estimate of drug-likeness (QED) is 0.0400. The van der Waals surface area contributed by atoms with Crippen LogP contribution >= 0.6 is 0 Å². The van der Waals surface area contributed by atoms with Crippen molar-refractivity contribution in [1.29, 1.82) is 0 Å². The normalized spacial score (nSPS) is 34.4. The highest BCUT2D eigenvalue weighted by Crippen LogP contribution is 2.33. The number of aliphatic hydroxyl groups excluding tert-OH is 11. The zero-order chi connectivity index (χ0) is 47.0. The summed E-state index contributed by atoms with van der Waals surface area (Å²) in [5, 5.41) is 119. The highest BCUT2D eigenvalue weighted by Gasteiger charge is 2.53. The van der Waals surface area contributed by atoms with E-state index in [-0.39, 0.29) is 18.9 Å². The molecule has 3 saturated heterocycles. The lowest BCUT2D eigenvalue weighted by Crippen LogP contribution is -2.66. The lowest BCUT2D eigenvalue weighted by Gasteiger charge is -2.48. The van der Waals surface area contributed by atoms with Gasteiger partial charge in [-0.15, -0.1) is 0 Å². The Labute approximate surface area is 379 Å². The fraction of sp³-hybridized carbons (Fsp3) is 0.978. The molecule has 0 saturated carbocycles. The van der Waals surface area contributed by atoms with Crippen LogP contribution in [0.1, 0.15) is 149 Å². The Morgan fingerprint density at radius 2 is 0.891 bits per heavy atom. The van der Waals surface area contributed by atoms with Gasteiger partial charge >= 0.3 is 0 Å². The van der Waals surface area contributed by atoms with Crippen molar-refractivity contribution in [2.24, 2.45) is 0 Å². The van der Waals surface area contributed by atoms with Gasteiger partial charge in [0.1, 0.15) is 73.2 Å². The zero-order valence-electron chi connectivity index (χ0n) is 38.3. The van der Waals surface area contributed by atoms with Gasteiger partial charge in [-0.3, -0.25) is 4.79 Å². The summed E-state index contributed by atoms with van der Waals surface area (Å²) in [6, 6.07) is -0.875. The number of aliphatic hydroxyl groups is 11. The molecule has 1 amide bonds. The average molecular weight is 928 g/mol. The maximum absolute atomic E-state index is 13.1. The van der Waals surface area contributed by atoms with Crippen molar-refractivity contribution >= 4 is 5.91 Å². The Morgan fingerprint density at radius 1 is 0.500 bits per heavy atom. The summed E-state index contributed by atoms with van der Waals surface area (Å²) in [4.78, 5) is 13.1. The summed E-state index contributed by atoms with van der Waals surface area (Å²) in [5.74, 6) is -0.249. The van der Waals surface area contributed by atoms with E-state index in [1.165, 1.54) is 70.6 Å². The van der Waals surface area contributed by atoms with Crippen LogP contribution in [0.15, 0.2) is 0 Å². The molecule has 0 aromatic carbocycles. The summed E-state index contributed by atoms with van der Waals surface area (Å²) in [6.07, 6.45) is -4.66. The summed E-state index contributed by atoms with van der Waals surface area (Å²) in [7, 11) is 0. The molecule has 3 rings (SSSR count). The van der Waals surface area contributed by atoms with Gasteiger partial charge in [0.05, 0.1) is 38.6 Å². The molecule has 3 heterocycles. The van der Waals surface area contributed by atoms with E-state index in [1.807, 2.05) is 0 Å². The van der Waals surface area contributed by atoms with Crippen LogP contribution in [0.5, 0.6) is 0 Å². The van der Waals surface area contributed by atoms with E-state index in [9.17, 15) is 61.0 Å². The van der Waals surface area contributed by atoms with Gasteiger partial charge in [-0.2, -0.15) is 0 Å². The van der Waals surface area contributed by atoms with Crippen LogP contribution in [0.2, 0.25) is 0 Å². The van der Waals surface area contributed by atoms with Crippen molar-refractivity contribution in [3.8, 4) is 0 Å².